The minimum Gasteiger partial charge on any atom is -0.294 e. The summed E-state index contributed by atoms with van der Waals surface area (Å²) >= 11 is 1.92. The van der Waals surface area contributed by atoms with Gasteiger partial charge in [0.15, 0.2) is 5.78 Å². The quantitative estimate of drug-likeness (QED) is 0.485. The number of hydrogen-bond donors (Lipinski definition) is 0. The van der Waals surface area contributed by atoms with Crippen molar-refractivity contribution in [1.82, 2.24) is 0 Å². The number of rotatable bonds is 4. The number of hydrogen-bond acceptors (Lipinski definition) is 2. The largest absolute Gasteiger partial charge is 0.359 e. The topological polar surface area (TPSA) is 34.1 Å². The third-order valence-corrected chi connectivity index (χ3v) is 2.45. The van der Waals surface area contributed by atoms with Gasteiger partial charge in [-0.3, -0.25) is 9.59 Å². The highest BCUT2D eigenvalue weighted by Crippen LogP contribution is 2.24. The Morgan fingerprint density at radius 1 is 1.25 bits per heavy atom. The fraction of sp³-hybridized carbons (Fsp3) is 0.273. The Morgan fingerprint density at radius 2 is 1.75 bits per heavy atom. The van der Waals surface area contributed by atoms with Crippen molar-refractivity contribution in [2.45, 2.75) is 18.2 Å². The van der Waals surface area contributed by atoms with E-state index >= 15 is 0 Å². The molecule has 0 atom stereocenters. The number of halogens is 3. The summed E-state index contributed by atoms with van der Waals surface area (Å²) < 4.78 is 24.9. The first kappa shape index (κ1) is 13.0. The number of benzene rings is 1. The van der Waals surface area contributed by atoms with Crippen LogP contribution >= 0.6 is 15.9 Å². The summed E-state index contributed by atoms with van der Waals surface area (Å²) in [5, 5.41) is 0. The van der Waals surface area contributed by atoms with Gasteiger partial charge in [0.25, 0.3) is 0 Å². The minimum atomic E-state index is -3.63. The fourth-order valence-electron chi connectivity index (χ4n) is 1.09. The molecule has 0 unspecified atom stereocenters. The standard InChI is InChI=1S/C11H9BrF2O2/c1-7-2-4-8(5-3-7)9(15)6-10(16)11(12,13)14/h2-5H,6H2,1H3. The summed E-state index contributed by atoms with van der Waals surface area (Å²) in [6, 6.07) is 6.39. The van der Waals surface area contributed by atoms with Crippen LogP contribution in [0.4, 0.5) is 8.78 Å². The van der Waals surface area contributed by atoms with Crippen molar-refractivity contribution in [2.24, 2.45) is 0 Å². The van der Waals surface area contributed by atoms with E-state index in [4.69, 9.17) is 0 Å². The summed E-state index contributed by atoms with van der Waals surface area (Å²) in [5.74, 6) is -2.04. The Morgan fingerprint density at radius 3 is 2.19 bits per heavy atom. The van der Waals surface area contributed by atoms with Crippen LogP contribution in [0.1, 0.15) is 22.3 Å². The summed E-state index contributed by atoms with van der Waals surface area (Å²) in [5.41, 5.74) is 1.21. The lowest BCUT2D eigenvalue weighted by atomic mass is 10.0. The lowest BCUT2D eigenvalue weighted by molar-refractivity contribution is -0.130. The van der Waals surface area contributed by atoms with Crippen LogP contribution in [0.25, 0.3) is 0 Å². The van der Waals surface area contributed by atoms with Crippen LogP contribution in [0.5, 0.6) is 0 Å². The summed E-state index contributed by atoms with van der Waals surface area (Å²) in [6.07, 6.45) is -0.804. The zero-order valence-electron chi connectivity index (χ0n) is 8.47. The maximum Gasteiger partial charge on any atom is 0.359 e. The van der Waals surface area contributed by atoms with Crippen LogP contribution in [0.2, 0.25) is 0 Å². The first-order chi connectivity index (χ1) is 7.30. The Bertz CT molecular complexity index is 407. The molecule has 0 saturated carbocycles. The molecule has 2 nitrogen and oxygen atoms in total. The highest BCUT2D eigenvalue weighted by Gasteiger charge is 2.35. The van der Waals surface area contributed by atoms with Gasteiger partial charge in [0.05, 0.1) is 6.42 Å². The maximum absolute atomic E-state index is 12.5. The number of Topliss-reactive ketones (excluding diaryl/α,β-unsaturated/α-hetero) is 2. The monoisotopic (exact) mass is 290 g/mol. The molecule has 16 heavy (non-hydrogen) atoms. The van der Waals surface area contributed by atoms with Gasteiger partial charge < -0.3 is 0 Å². The molecule has 0 bridgehead atoms. The van der Waals surface area contributed by atoms with E-state index < -0.39 is 22.8 Å². The van der Waals surface area contributed by atoms with Gasteiger partial charge in [0.1, 0.15) is 0 Å². The van der Waals surface area contributed by atoms with Gasteiger partial charge in [-0.05, 0) is 22.9 Å². The second-order valence-corrected chi connectivity index (χ2v) is 4.38. The Balaban J connectivity index is 2.74. The van der Waals surface area contributed by atoms with E-state index in [1.807, 2.05) is 22.9 Å². The molecule has 86 valence electrons. The van der Waals surface area contributed by atoms with Gasteiger partial charge in [-0.2, -0.15) is 8.78 Å². The summed E-state index contributed by atoms with van der Waals surface area (Å²) in [6.45, 7) is 1.84. The molecule has 0 amide bonds. The van der Waals surface area contributed by atoms with E-state index in [0.29, 0.717) is 0 Å². The SMILES string of the molecule is Cc1ccc(C(=O)CC(=O)C(F)(F)Br)cc1. The maximum atomic E-state index is 12.5. The molecule has 0 fully saturated rings. The van der Waals surface area contributed by atoms with E-state index in [2.05, 4.69) is 0 Å². The van der Waals surface area contributed by atoms with Crippen LogP contribution in [0.15, 0.2) is 24.3 Å². The average molecular weight is 291 g/mol. The van der Waals surface area contributed by atoms with E-state index in [9.17, 15) is 18.4 Å². The van der Waals surface area contributed by atoms with E-state index in [1.54, 1.807) is 12.1 Å². The number of carbonyl (C=O) groups excluding carboxylic acids is 2. The second kappa shape index (κ2) is 4.82. The first-order valence-corrected chi connectivity index (χ1v) is 5.30. The van der Waals surface area contributed by atoms with Gasteiger partial charge >= 0.3 is 4.83 Å². The Labute approximate surface area is 99.8 Å². The molecule has 0 aliphatic rings. The fourth-order valence-corrected chi connectivity index (χ4v) is 1.23. The average Bonchev–Trinajstić information content (AvgIpc) is 2.17. The van der Waals surface area contributed by atoms with Crippen LogP contribution in [-0.2, 0) is 4.79 Å². The zero-order chi connectivity index (χ0) is 12.3. The molecule has 0 heterocycles. The number of carbonyl (C=O) groups is 2. The summed E-state index contributed by atoms with van der Waals surface area (Å²) in [7, 11) is 0. The third kappa shape index (κ3) is 3.48. The van der Waals surface area contributed by atoms with Gasteiger partial charge in [-0.1, -0.05) is 29.8 Å². The molecule has 0 N–H and O–H groups in total. The lowest BCUT2D eigenvalue weighted by Gasteiger charge is -2.06. The Kier molecular flexibility index (Phi) is 3.91. The normalized spacial score (nSPS) is 11.2. The minimum absolute atomic E-state index is 0.260. The van der Waals surface area contributed by atoms with E-state index in [1.165, 1.54) is 12.1 Å². The molecular formula is C11H9BrF2O2. The van der Waals surface area contributed by atoms with Crippen molar-refractivity contribution >= 4 is 27.5 Å². The molecule has 0 saturated heterocycles. The molecule has 0 spiro atoms. The van der Waals surface area contributed by atoms with Crippen molar-refractivity contribution in [1.29, 1.82) is 0 Å². The van der Waals surface area contributed by atoms with Crippen LogP contribution in [0, 0.1) is 6.92 Å². The first-order valence-electron chi connectivity index (χ1n) is 4.50. The third-order valence-electron chi connectivity index (χ3n) is 2.01. The Hall–Kier alpha value is -1.10. The van der Waals surface area contributed by atoms with E-state index in [0.717, 1.165) is 5.56 Å². The van der Waals surface area contributed by atoms with Gasteiger partial charge in [0.2, 0.25) is 5.78 Å². The smallest absolute Gasteiger partial charge is 0.294 e. The zero-order valence-corrected chi connectivity index (χ0v) is 10.1. The highest BCUT2D eigenvalue weighted by atomic mass is 79.9. The van der Waals surface area contributed by atoms with Gasteiger partial charge in [-0.25, -0.2) is 0 Å². The van der Waals surface area contributed by atoms with Gasteiger partial charge in [-0.15, -0.1) is 0 Å². The van der Waals surface area contributed by atoms with Crippen LogP contribution in [0.3, 0.4) is 0 Å². The molecule has 5 heteroatoms. The molecule has 1 aromatic carbocycles. The summed E-state index contributed by atoms with van der Waals surface area (Å²) in [4.78, 5) is 18.7. The van der Waals surface area contributed by atoms with Gasteiger partial charge in [0, 0.05) is 5.56 Å². The molecule has 1 rings (SSSR count). The molecule has 0 aliphatic heterocycles. The lowest BCUT2D eigenvalue weighted by Crippen LogP contribution is -2.23. The van der Waals surface area contributed by atoms with Crippen molar-refractivity contribution in [3.05, 3.63) is 35.4 Å². The predicted octanol–water partition coefficient (Wildman–Crippen LogP) is 3.12. The molecule has 0 aromatic heterocycles. The predicted molar refractivity (Wildman–Crippen MR) is 59.0 cm³/mol. The van der Waals surface area contributed by atoms with Crippen molar-refractivity contribution < 1.29 is 18.4 Å². The number of ketones is 2. The number of alkyl halides is 3. The van der Waals surface area contributed by atoms with Crippen LogP contribution in [-0.4, -0.2) is 16.4 Å². The second-order valence-electron chi connectivity index (χ2n) is 3.39. The molecule has 0 radical (unpaired) electrons. The highest BCUT2D eigenvalue weighted by molar-refractivity contribution is 9.10. The number of aryl methyl sites for hydroxylation is 1. The van der Waals surface area contributed by atoms with Crippen molar-refractivity contribution in [3.8, 4) is 0 Å². The van der Waals surface area contributed by atoms with E-state index in [-0.39, 0.29) is 5.56 Å². The molecule has 1 aromatic rings. The van der Waals surface area contributed by atoms with Crippen molar-refractivity contribution in [3.63, 3.8) is 0 Å². The molecular weight excluding hydrogens is 282 g/mol. The van der Waals surface area contributed by atoms with Crippen LogP contribution < -0.4 is 0 Å². The molecule has 0 aliphatic carbocycles. The van der Waals surface area contributed by atoms with Crippen molar-refractivity contribution in [2.75, 3.05) is 0 Å².